The van der Waals surface area contributed by atoms with Gasteiger partial charge in [0.25, 0.3) is 6.43 Å². The van der Waals surface area contributed by atoms with Crippen molar-refractivity contribution in [1.82, 2.24) is 0 Å². The predicted octanol–water partition coefficient (Wildman–Crippen LogP) is 9.44. The molecule has 0 radical (unpaired) electrons. The van der Waals surface area contributed by atoms with Gasteiger partial charge in [0.05, 0.1) is 33.0 Å². The first-order chi connectivity index (χ1) is 25.8. The first-order valence-electron chi connectivity index (χ1n) is 17.6. The van der Waals surface area contributed by atoms with Crippen LogP contribution in [0.4, 0.5) is 13.2 Å². The summed E-state index contributed by atoms with van der Waals surface area (Å²) in [7, 11) is 0. The van der Waals surface area contributed by atoms with Gasteiger partial charge in [0.2, 0.25) is 5.79 Å². The molecule has 2 saturated heterocycles. The maximum Gasteiger partial charge on any atom is 0.272 e. The van der Waals surface area contributed by atoms with Crippen molar-refractivity contribution in [2.45, 2.75) is 69.3 Å². The Labute approximate surface area is 312 Å². The summed E-state index contributed by atoms with van der Waals surface area (Å²) in [5.74, 6) is -2.21. The lowest BCUT2D eigenvalue weighted by atomic mass is 9.82. The van der Waals surface area contributed by atoms with Crippen molar-refractivity contribution in [2.24, 2.45) is 0 Å². The monoisotopic (exact) mass is 744 g/mol. The minimum atomic E-state index is -3.03. The molecule has 0 aromatic heterocycles. The Morgan fingerprint density at radius 2 is 1.30 bits per heavy atom. The molecule has 6 nitrogen and oxygen atoms in total. The Morgan fingerprint density at radius 1 is 0.717 bits per heavy atom. The van der Waals surface area contributed by atoms with Gasteiger partial charge >= 0.3 is 0 Å². The molecule has 53 heavy (non-hydrogen) atoms. The molecule has 0 unspecified atom stereocenters. The van der Waals surface area contributed by atoms with E-state index in [1.165, 1.54) is 6.07 Å². The highest BCUT2D eigenvalue weighted by molar-refractivity contribution is 6.31. The quantitative estimate of drug-likeness (QED) is 0.107. The van der Waals surface area contributed by atoms with E-state index in [1.54, 1.807) is 37.3 Å². The minimum absolute atomic E-state index is 0.0245. The van der Waals surface area contributed by atoms with E-state index in [0.29, 0.717) is 28.3 Å². The van der Waals surface area contributed by atoms with E-state index in [2.05, 4.69) is 0 Å². The van der Waals surface area contributed by atoms with Crippen LogP contribution in [0.5, 0.6) is 5.75 Å². The molecule has 0 saturated carbocycles. The number of halogens is 4. The van der Waals surface area contributed by atoms with Crippen LogP contribution in [0.25, 0.3) is 0 Å². The number of hydrogen-bond donors (Lipinski definition) is 0. The van der Waals surface area contributed by atoms with Crippen LogP contribution in [0.3, 0.4) is 0 Å². The van der Waals surface area contributed by atoms with E-state index in [1.807, 2.05) is 91.0 Å². The molecular weight excluding hydrogens is 705 g/mol. The lowest BCUT2D eigenvalue weighted by molar-refractivity contribution is -0.363. The normalized spacial score (nSPS) is 23.7. The molecule has 2 bridgehead atoms. The molecule has 0 aliphatic carbocycles. The highest BCUT2D eigenvalue weighted by atomic mass is 35.5. The van der Waals surface area contributed by atoms with Gasteiger partial charge in [-0.15, -0.1) is 0 Å². The second kappa shape index (κ2) is 16.4. The maximum absolute atomic E-state index is 15.7. The lowest BCUT2D eigenvalue weighted by Crippen LogP contribution is -2.68. The molecule has 0 spiro atoms. The van der Waals surface area contributed by atoms with E-state index in [9.17, 15) is 4.39 Å². The summed E-state index contributed by atoms with van der Waals surface area (Å²) < 4.78 is 84.5. The van der Waals surface area contributed by atoms with Crippen molar-refractivity contribution in [3.05, 3.63) is 172 Å². The van der Waals surface area contributed by atoms with Crippen LogP contribution in [-0.4, -0.2) is 43.6 Å². The smallest absolute Gasteiger partial charge is 0.272 e. The molecule has 2 aliphatic rings. The molecule has 0 amide bonds. The van der Waals surface area contributed by atoms with Crippen molar-refractivity contribution in [3.8, 4) is 5.75 Å². The molecule has 2 heterocycles. The predicted molar refractivity (Wildman–Crippen MR) is 194 cm³/mol. The van der Waals surface area contributed by atoms with Gasteiger partial charge in [0, 0.05) is 10.6 Å². The maximum atomic E-state index is 15.7. The third-order valence-electron chi connectivity index (χ3n) is 9.64. The molecule has 10 heteroatoms. The fourth-order valence-electron chi connectivity index (χ4n) is 7.01. The molecule has 5 aromatic carbocycles. The van der Waals surface area contributed by atoms with Crippen LogP contribution in [0.15, 0.2) is 127 Å². The summed E-state index contributed by atoms with van der Waals surface area (Å²) in [5.41, 5.74) is 1.91. The first-order valence-corrected chi connectivity index (χ1v) is 18.0. The van der Waals surface area contributed by atoms with E-state index >= 15 is 8.78 Å². The molecule has 0 N–H and O–H groups in total. The Kier molecular flexibility index (Phi) is 11.5. The highest BCUT2D eigenvalue weighted by Crippen LogP contribution is 2.55. The van der Waals surface area contributed by atoms with Gasteiger partial charge in [-0.1, -0.05) is 115 Å². The topological polar surface area (TPSA) is 55.4 Å². The zero-order valence-electron chi connectivity index (χ0n) is 29.1. The van der Waals surface area contributed by atoms with Gasteiger partial charge in [-0.2, -0.15) is 0 Å². The first kappa shape index (κ1) is 37.1. The van der Waals surface area contributed by atoms with Crippen LogP contribution >= 0.6 is 11.6 Å². The summed E-state index contributed by atoms with van der Waals surface area (Å²) in [6, 6.07) is 38.1. The molecular formula is C43H40ClF3O6. The third kappa shape index (κ3) is 7.87. The second-order valence-electron chi connectivity index (χ2n) is 13.2. The third-order valence-corrected chi connectivity index (χ3v) is 10.0. The van der Waals surface area contributed by atoms with E-state index in [0.717, 1.165) is 16.7 Å². The number of ether oxygens (including phenoxy) is 6. The Morgan fingerprint density at radius 3 is 1.87 bits per heavy atom. The number of benzene rings is 5. The van der Waals surface area contributed by atoms with Crippen LogP contribution in [0, 0.1) is 5.82 Å². The van der Waals surface area contributed by atoms with Gasteiger partial charge in [0.15, 0.2) is 17.2 Å². The Balaban J connectivity index is 1.31. The van der Waals surface area contributed by atoms with Gasteiger partial charge < -0.3 is 28.4 Å². The Hall–Kier alpha value is -4.22. The number of fused-ring (bicyclic) bond motifs is 2. The van der Waals surface area contributed by atoms with Crippen LogP contribution < -0.4 is 4.74 Å². The molecule has 276 valence electrons. The molecule has 7 rings (SSSR count). The van der Waals surface area contributed by atoms with Crippen molar-refractivity contribution in [3.63, 3.8) is 0 Å². The highest BCUT2D eigenvalue weighted by Gasteiger charge is 2.72. The van der Waals surface area contributed by atoms with Crippen LogP contribution in [-0.2, 0) is 55.7 Å². The van der Waals surface area contributed by atoms with Crippen molar-refractivity contribution in [1.29, 1.82) is 0 Å². The average molecular weight is 745 g/mol. The van der Waals surface area contributed by atoms with E-state index < -0.39 is 48.5 Å². The largest absolute Gasteiger partial charge is 0.491 e. The summed E-state index contributed by atoms with van der Waals surface area (Å²) >= 11 is 6.73. The van der Waals surface area contributed by atoms with Crippen molar-refractivity contribution >= 4 is 11.6 Å². The number of alkyl halides is 2. The van der Waals surface area contributed by atoms with E-state index in [4.69, 9.17) is 40.0 Å². The molecule has 2 aliphatic heterocycles. The summed E-state index contributed by atoms with van der Waals surface area (Å²) in [6.07, 6.45) is -6.29. The summed E-state index contributed by atoms with van der Waals surface area (Å²) in [5, 5.41) is 0.399. The van der Waals surface area contributed by atoms with Crippen molar-refractivity contribution < 1.29 is 41.6 Å². The fraction of sp³-hybridized carbons (Fsp3) is 0.302. The van der Waals surface area contributed by atoms with Gasteiger partial charge in [-0.05, 0) is 65.4 Å². The van der Waals surface area contributed by atoms with Gasteiger partial charge in [-0.3, -0.25) is 0 Å². The van der Waals surface area contributed by atoms with Crippen LogP contribution in [0.2, 0.25) is 5.02 Å². The Bertz CT molecular complexity index is 1950. The standard InChI is InChI=1S/C43H40ClF3O6/c1-2-48-37-21-18-32(23-36(37)45)22-33-24-34(19-20-35(33)44)43-40(51-27-31-16-10-5-11-17-31)38(49-25-29-12-6-3-7-13-29)39(42(53-43,28-52-43)41(46)47)50-26-30-14-8-4-9-15-30/h3-21,23-24,38-41H,2,22,25-28H2,1H3/t38-,39-,40+,42-,43-/m0/s1. The fourth-order valence-corrected chi connectivity index (χ4v) is 7.19. The minimum Gasteiger partial charge on any atom is -0.491 e. The lowest BCUT2D eigenvalue weighted by Gasteiger charge is -2.50. The second-order valence-corrected chi connectivity index (χ2v) is 13.6. The van der Waals surface area contributed by atoms with Gasteiger partial charge in [-0.25, -0.2) is 13.2 Å². The van der Waals surface area contributed by atoms with Crippen LogP contribution in [0.1, 0.15) is 40.3 Å². The number of rotatable bonds is 15. The number of hydrogen-bond acceptors (Lipinski definition) is 6. The van der Waals surface area contributed by atoms with E-state index in [-0.39, 0.29) is 32.0 Å². The van der Waals surface area contributed by atoms with Crippen molar-refractivity contribution in [2.75, 3.05) is 13.2 Å². The molecule has 2 fully saturated rings. The average Bonchev–Trinajstić information content (AvgIpc) is 3.55. The SMILES string of the molecule is CCOc1ccc(Cc2cc([C@]34OC[C@](C(F)F)(O3)[C@@H](OCc3ccccc3)[C@H](OCc3ccccc3)[C@H]4OCc3ccccc3)ccc2Cl)cc1F. The summed E-state index contributed by atoms with van der Waals surface area (Å²) in [4.78, 5) is 0. The zero-order chi connectivity index (χ0) is 36.8. The summed E-state index contributed by atoms with van der Waals surface area (Å²) in [6.45, 7) is 1.83. The van der Waals surface area contributed by atoms with Gasteiger partial charge in [0.1, 0.15) is 18.3 Å². The molecule has 5 aromatic rings. The zero-order valence-corrected chi connectivity index (χ0v) is 29.9. The molecule has 5 atom stereocenters.